The van der Waals surface area contributed by atoms with Crippen LogP contribution in [0.4, 0.5) is 13.2 Å². The van der Waals surface area contributed by atoms with Crippen molar-refractivity contribution >= 4 is 0 Å². The molecule has 0 amide bonds. The van der Waals surface area contributed by atoms with Gasteiger partial charge in [-0.2, -0.15) is 13.2 Å². The number of ether oxygens (including phenoxy) is 1. The minimum atomic E-state index is -4.40. The molecule has 0 saturated carbocycles. The SMILES string of the molecule is FC(F)(F)c1nc2c(n1C1CC3CCC1O3)CCNC2. The van der Waals surface area contributed by atoms with Crippen molar-refractivity contribution in [3.05, 3.63) is 17.2 Å². The maximum Gasteiger partial charge on any atom is 0.449 e. The molecule has 4 nitrogen and oxygen atoms in total. The Morgan fingerprint density at radius 3 is 2.80 bits per heavy atom. The lowest BCUT2D eigenvalue weighted by Gasteiger charge is -2.26. The Kier molecular flexibility index (Phi) is 2.66. The Bertz CT molecular complexity index is 540. The second kappa shape index (κ2) is 4.21. The molecule has 7 heteroatoms. The average Bonchev–Trinajstić information content (AvgIpc) is 3.10. The van der Waals surface area contributed by atoms with Gasteiger partial charge >= 0.3 is 6.18 Å². The van der Waals surface area contributed by atoms with E-state index in [1.807, 2.05) is 0 Å². The molecule has 1 aromatic rings. The lowest BCUT2D eigenvalue weighted by Crippen LogP contribution is -2.30. The minimum absolute atomic E-state index is 0.0747. The summed E-state index contributed by atoms with van der Waals surface area (Å²) in [4.78, 5) is 3.87. The molecule has 2 saturated heterocycles. The maximum atomic E-state index is 13.3. The van der Waals surface area contributed by atoms with Crippen LogP contribution < -0.4 is 5.32 Å². The molecule has 20 heavy (non-hydrogen) atoms. The van der Waals surface area contributed by atoms with Gasteiger partial charge in [-0.05, 0) is 19.3 Å². The summed E-state index contributed by atoms with van der Waals surface area (Å²) in [6, 6.07) is -0.195. The Morgan fingerprint density at radius 2 is 2.15 bits per heavy atom. The molecule has 0 spiro atoms. The number of imidazole rings is 1. The van der Waals surface area contributed by atoms with Crippen LogP contribution >= 0.6 is 0 Å². The average molecular weight is 287 g/mol. The molecule has 2 fully saturated rings. The molecule has 4 heterocycles. The summed E-state index contributed by atoms with van der Waals surface area (Å²) in [7, 11) is 0. The molecule has 2 bridgehead atoms. The fourth-order valence-electron chi connectivity index (χ4n) is 3.77. The van der Waals surface area contributed by atoms with Gasteiger partial charge in [0, 0.05) is 25.2 Å². The van der Waals surface area contributed by atoms with Crippen molar-refractivity contribution in [1.29, 1.82) is 0 Å². The molecular weight excluding hydrogens is 271 g/mol. The van der Waals surface area contributed by atoms with E-state index in [0.717, 1.165) is 18.5 Å². The summed E-state index contributed by atoms with van der Waals surface area (Å²) in [5.74, 6) is -0.743. The van der Waals surface area contributed by atoms with Gasteiger partial charge in [0.1, 0.15) is 0 Å². The molecule has 0 aliphatic carbocycles. The highest BCUT2D eigenvalue weighted by atomic mass is 19.4. The van der Waals surface area contributed by atoms with E-state index in [-0.39, 0.29) is 18.2 Å². The number of nitrogens with zero attached hydrogens (tertiary/aromatic N) is 2. The molecule has 3 unspecified atom stereocenters. The Labute approximate surface area is 114 Å². The van der Waals surface area contributed by atoms with Crippen molar-refractivity contribution in [3.63, 3.8) is 0 Å². The van der Waals surface area contributed by atoms with Gasteiger partial charge in [-0.1, -0.05) is 0 Å². The highest BCUT2D eigenvalue weighted by Gasteiger charge is 2.47. The topological polar surface area (TPSA) is 39.1 Å². The molecule has 0 aromatic carbocycles. The van der Waals surface area contributed by atoms with E-state index in [1.165, 1.54) is 4.57 Å². The number of hydrogen-bond donors (Lipinski definition) is 1. The largest absolute Gasteiger partial charge is 0.449 e. The smallest absolute Gasteiger partial charge is 0.373 e. The Morgan fingerprint density at radius 1 is 1.30 bits per heavy atom. The summed E-state index contributed by atoms with van der Waals surface area (Å²) in [6.07, 6.45) is -1.23. The predicted molar refractivity (Wildman–Crippen MR) is 64.2 cm³/mol. The van der Waals surface area contributed by atoms with Crippen LogP contribution in [0.3, 0.4) is 0 Å². The predicted octanol–water partition coefficient (Wildman–Crippen LogP) is 2.04. The number of halogens is 3. The number of fused-ring (bicyclic) bond motifs is 3. The zero-order valence-corrected chi connectivity index (χ0v) is 10.9. The lowest BCUT2D eigenvalue weighted by molar-refractivity contribution is -0.148. The third-order valence-corrected chi connectivity index (χ3v) is 4.58. The highest BCUT2D eigenvalue weighted by Crippen LogP contribution is 2.45. The van der Waals surface area contributed by atoms with Crippen LogP contribution in [0.15, 0.2) is 0 Å². The molecule has 3 aliphatic heterocycles. The van der Waals surface area contributed by atoms with E-state index >= 15 is 0 Å². The van der Waals surface area contributed by atoms with Crippen LogP contribution in [0.25, 0.3) is 0 Å². The summed E-state index contributed by atoms with van der Waals surface area (Å²) >= 11 is 0. The van der Waals surface area contributed by atoms with E-state index in [0.29, 0.717) is 31.6 Å². The van der Waals surface area contributed by atoms with Crippen molar-refractivity contribution in [2.75, 3.05) is 6.54 Å². The molecule has 110 valence electrons. The number of aromatic nitrogens is 2. The van der Waals surface area contributed by atoms with Crippen LogP contribution in [0.2, 0.25) is 0 Å². The van der Waals surface area contributed by atoms with Gasteiger partial charge in [-0.25, -0.2) is 4.98 Å². The van der Waals surface area contributed by atoms with Crippen molar-refractivity contribution in [2.24, 2.45) is 0 Å². The van der Waals surface area contributed by atoms with Gasteiger partial charge in [-0.3, -0.25) is 0 Å². The van der Waals surface area contributed by atoms with Crippen LogP contribution in [0.5, 0.6) is 0 Å². The molecule has 0 radical (unpaired) electrons. The first-order chi connectivity index (χ1) is 9.54. The van der Waals surface area contributed by atoms with Crippen LogP contribution in [0.1, 0.15) is 42.5 Å². The van der Waals surface area contributed by atoms with Crippen molar-refractivity contribution in [2.45, 2.75) is 56.7 Å². The molecule has 1 aromatic heterocycles. The first-order valence-corrected chi connectivity index (χ1v) is 7.07. The number of rotatable bonds is 1. The summed E-state index contributed by atoms with van der Waals surface area (Å²) < 4.78 is 47.0. The summed E-state index contributed by atoms with van der Waals surface area (Å²) in [6.45, 7) is 1.13. The van der Waals surface area contributed by atoms with E-state index in [2.05, 4.69) is 10.3 Å². The van der Waals surface area contributed by atoms with E-state index in [9.17, 15) is 13.2 Å². The number of nitrogens with one attached hydrogen (secondary N) is 1. The molecule has 3 atom stereocenters. The quantitative estimate of drug-likeness (QED) is 0.859. The van der Waals surface area contributed by atoms with Gasteiger partial charge in [0.15, 0.2) is 0 Å². The van der Waals surface area contributed by atoms with Crippen LogP contribution in [0, 0.1) is 0 Å². The standard InChI is InChI=1S/C13H16F3N3O/c14-13(15,16)12-18-8-6-17-4-3-9(8)19(12)10-5-7-1-2-11(10)20-7/h7,10-11,17H,1-6H2. The third-order valence-electron chi connectivity index (χ3n) is 4.58. The van der Waals surface area contributed by atoms with Crippen LogP contribution in [-0.4, -0.2) is 28.3 Å². The zero-order chi connectivity index (χ0) is 13.9. The van der Waals surface area contributed by atoms with Crippen molar-refractivity contribution in [1.82, 2.24) is 14.9 Å². The lowest BCUT2D eigenvalue weighted by atomic mass is 9.94. The third kappa shape index (κ3) is 1.79. The van der Waals surface area contributed by atoms with Crippen molar-refractivity contribution in [3.8, 4) is 0 Å². The molecular formula is C13H16F3N3O. The second-order valence-electron chi connectivity index (χ2n) is 5.80. The Hall–Kier alpha value is -1.08. The first-order valence-electron chi connectivity index (χ1n) is 7.07. The van der Waals surface area contributed by atoms with Crippen molar-refractivity contribution < 1.29 is 17.9 Å². The molecule has 3 aliphatic rings. The molecule has 4 rings (SSSR count). The van der Waals surface area contributed by atoms with Gasteiger partial charge in [-0.15, -0.1) is 0 Å². The second-order valence-corrected chi connectivity index (χ2v) is 5.80. The van der Waals surface area contributed by atoms with Gasteiger partial charge in [0.05, 0.1) is 23.9 Å². The fraction of sp³-hybridized carbons (Fsp3) is 0.769. The van der Waals surface area contributed by atoms with E-state index in [1.54, 1.807) is 0 Å². The zero-order valence-electron chi connectivity index (χ0n) is 10.9. The number of alkyl halides is 3. The molecule has 1 N–H and O–H groups in total. The van der Waals surface area contributed by atoms with E-state index < -0.39 is 12.0 Å². The summed E-state index contributed by atoms with van der Waals surface area (Å²) in [5, 5.41) is 3.08. The maximum absolute atomic E-state index is 13.3. The summed E-state index contributed by atoms with van der Waals surface area (Å²) in [5.41, 5.74) is 1.29. The van der Waals surface area contributed by atoms with E-state index in [4.69, 9.17) is 4.74 Å². The van der Waals surface area contributed by atoms with Gasteiger partial charge in [0.2, 0.25) is 5.82 Å². The number of hydrogen-bond acceptors (Lipinski definition) is 3. The minimum Gasteiger partial charge on any atom is -0.373 e. The van der Waals surface area contributed by atoms with Crippen LogP contribution in [-0.2, 0) is 23.9 Å². The first kappa shape index (κ1) is 12.6. The Balaban J connectivity index is 1.82. The normalized spacial score (nSPS) is 32.6. The van der Waals surface area contributed by atoms with Gasteiger partial charge < -0.3 is 14.6 Å². The highest BCUT2D eigenvalue weighted by molar-refractivity contribution is 5.24. The fourth-order valence-corrected chi connectivity index (χ4v) is 3.77. The monoisotopic (exact) mass is 287 g/mol. The van der Waals surface area contributed by atoms with Gasteiger partial charge in [0.25, 0.3) is 0 Å².